The molecule has 1 aliphatic rings. The smallest absolute Gasteiger partial charge is 0.335 e. The summed E-state index contributed by atoms with van der Waals surface area (Å²) in [6.07, 6.45) is 3.38. The van der Waals surface area contributed by atoms with Crippen molar-refractivity contribution in [2.45, 2.75) is 49.3 Å². The maximum atomic E-state index is 13.0. The second-order valence-corrected chi connectivity index (χ2v) is 12.7. The largest absolute Gasteiger partial charge is 0.495 e. The lowest BCUT2D eigenvalue weighted by atomic mass is 9.69. The molecule has 0 unspecified atom stereocenters. The number of hydrogen-bond donors (Lipinski definition) is 3. The van der Waals surface area contributed by atoms with Crippen LogP contribution in [0.5, 0.6) is 5.75 Å². The Morgan fingerprint density at radius 3 is 2.26 bits per heavy atom. The van der Waals surface area contributed by atoms with E-state index in [1.807, 2.05) is 24.3 Å². The highest BCUT2D eigenvalue weighted by molar-refractivity contribution is 7.94. The first-order valence-electron chi connectivity index (χ1n) is 11.3. The molecule has 9 heteroatoms. The fraction of sp³-hybridized carbons (Fsp3) is 0.346. The number of methoxy groups -OCH3 is 1. The fourth-order valence-electron chi connectivity index (χ4n) is 4.30. The average Bonchev–Trinajstić information content (AvgIpc) is 3.33. The molecule has 7 nitrogen and oxygen atoms in total. The first-order valence-corrected chi connectivity index (χ1v) is 13.6. The van der Waals surface area contributed by atoms with Gasteiger partial charge in [-0.3, -0.25) is 4.72 Å². The van der Waals surface area contributed by atoms with Crippen molar-refractivity contribution in [2.75, 3.05) is 11.8 Å². The minimum Gasteiger partial charge on any atom is -0.495 e. The van der Waals surface area contributed by atoms with Gasteiger partial charge in [0.05, 0.1) is 24.0 Å². The number of sulfonamides is 1. The van der Waals surface area contributed by atoms with E-state index in [2.05, 4.69) is 18.6 Å². The second-order valence-electron chi connectivity index (χ2n) is 9.72. The van der Waals surface area contributed by atoms with Crippen LogP contribution < -0.4 is 9.46 Å². The van der Waals surface area contributed by atoms with Gasteiger partial charge >= 0.3 is 5.97 Å². The number of aromatic carboxylic acids is 1. The molecule has 1 saturated carbocycles. The van der Waals surface area contributed by atoms with Gasteiger partial charge < -0.3 is 14.9 Å². The molecule has 0 saturated heterocycles. The molecule has 4 rings (SSSR count). The lowest BCUT2D eigenvalue weighted by Gasteiger charge is -2.40. The molecule has 0 bridgehead atoms. The van der Waals surface area contributed by atoms with Gasteiger partial charge in [0.1, 0.15) is 9.96 Å². The molecule has 0 aliphatic heterocycles. The van der Waals surface area contributed by atoms with E-state index < -0.39 is 21.6 Å². The normalized spacial score (nSPS) is 17.0. The molecule has 186 valence electrons. The molecule has 3 N–H and O–H groups in total. The Kier molecular flexibility index (Phi) is 6.70. The number of ether oxygens (including phenoxy) is 1. The summed E-state index contributed by atoms with van der Waals surface area (Å²) in [6.45, 7) is 4.46. The van der Waals surface area contributed by atoms with Gasteiger partial charge in [-0.25, -0.2) is 13.2 Å². The molecule has 0 radical (unpaired) electrons. The van der Waals surface area contributed by atoms with E-state index in [1.54, 1.807) is 6.07 Å². The number of nitrogens with one attached hydrogen (secondary N) is 1. The summed E-state index contributed by atoms with van der Waals surface area (Å²) < 4.78 is 33.7. The van der Waals surface area contributed by atoms with Crippen LogP contribution in [0.1, 0.15) is 55.5 Å². The number of aliphatic hydroxyl groups is 1. The van der Waals surface area contributed by atoms with E-state index in [9.17, 15) is 18.3 Å². The number of rotatable bonds is 7. The Morgan fingerprint density at radius 2 is 1.66 bits per heavy atom. The van der Waals surface area contributed by atoms with E-state index in [0.29, 0.717) is 0 Å². The van der Waals surface area contributed by atoms with Gasteiger partial charge in [0.15, 0.2) is 0 Å². The fourth-order valence-corrected chi connectivity index (χ4v) is 6.68. The zero-order chi connectivity index (χ0) is 25.4. The van der Waals surface area contributed by atoms with Gasteiger partial charge in [-0.2, -0.15) is 0 Å². The van der Waals surface area contributed by atoms with Crippen LogP contribution in [-0.2, 0) is 15.6 Å². The van der Waals surface area contributed by atoms with Crippen molar-refractivity contribution in [3.63, 3.8) is 0 Å². The van der Waals surface area contributed by atoms with Crippen LogP contribution in [0.15, 0.2) is 58.8 Å². The van der Waals surface area contributed by atoms with Gasteiger partial charge in [-0.1, -0.05) is 38.1 Å². The van der Waals surface area contributed by atoms with Crippen LogP contribution >= 0.6 is 11.3 Å². The monoisotopic (exact) mass is 515 g/mol. The third-order valence-corrected chi connectivity index (χ3v) is 9.67. The molecular formula is C26H29NO6S2. The molecular weight excluding hydrogens is 486 g/mol. The first-order chi connectivity index (χ1) is 16.4. The standard InChI is InChI=1S/C26H29NO6S2/c1-25(2)12-14-26(30,15-13-25)19-7-4-17(5-8-19)22-10-11-23(34-22)35(31,32)27-20-9-6-18(24(28)29)16-21(20)33-3/h4-11,16,27,30H,12-15H2,1-3H3,(H,28,29). The van der Waals surface area contributed by atoms with Crippen molar-refractivity contribution in [1.29, 1.82) is 0 Å². The number of anilines is 1. The molecule has 35 heavy (non-hydrogen) atoms. The van der Waals surface area contributed by atoms with Gasteiger partial charge in [-0.05, 0) is 72.6 Å². The van der Waals surface area contributed by atoms with E-state index in [4.69, 9.17) is 9.84 Å². The van der Waals surface area contributed by atoms with Crippen molar-refractivity contribution in [2.24, 2.45) is 5.41 Å². The summed E-state index contributed by atoms with van der Waals surface area (Å²) in [5.74, 6) is -1.02. The van der Waals surface area contributed by atoms with Crippen LogP contribution in [0.2, 0.25) is 0 Å². The van der Waals surface area contributed by atoms with Crippen molar-refractivity contribution < 1.29 is 28.2 Å². The molecule has 1 aliphatic carbocycles. The molecule has 0 atom stereocenters. The predicted molar refractivity (Wildman–Crippen MR) is 137 cm³/mol. The predicted octanol–water partition coefficient (Wildman–Crippen LogP) is 5.71. The minimum absolute atomic E-state index is 0.00625. The first kappa shape index (κ1) is 25.2. The van der Waals surface area contributed by atoms with Gasteiger partial charge in [0, 0.05) is 4.88 Å². The number of carboxylic acids is 1. The topological polar surface area (TPSA) is 113 Å². The highest BCUT2D eigenvalue weighted by atomic mass is 32.2. The van der Waals surface area contributed by atoms with Gasteiger partial charge in [0.25, 0.3) is 10.0 Å². The van der Waals surface area contributed by atoms with E-state index in [0.717, 1.165) is 53.0 Å². The molecule has 3 aromatic rings. The molecule has 1 heterocycles. The van der Waals surface area contributed by atoms with Crippen LogP contribution in [0, 0.1) is 5.41 Å². The van der Waals surface area contributed by atoms with E-state index in [1.165, 1.54) is 31.4 Å². The van der Waals surface area contributed by atoms with Gasteiger partial charge in [0.2, 0.25) is 0 Å². The number of carbonyl (C=O) groups is 1. The zero-order valence-corrected chi connectivity index (χ0v) is 21.5. The SMILES string of the molecule is COc1cc(C(=O)O)ccc1NS(=O)(=O)c1ccc(-c2ccc(C3(O)CCC(C)(C)CC3)cc2)s1. The van der Waals surface area contributed by atoms with Gasteiger partial charge in [-0.15, -0.1) is 11.3 Å². The quantitative estimate of drug-likeness (QED) is 0.371. The van der Waals surface area contributed by atoms with Crippen LogP contribution in [-0.4, -0.2) is 31.7 Å². The summed E-state index contributed by atoms with van der Waals surface area (Å²) in [6, 6.07) is 14.9. The average molecular weight is 516 g/mol. The molecule has 0 spiro atoms. The molecule has 1 fully saturated rings. The second kappa shape index (κ2) is 9.29. The van der Waals surface area contributed by atoms with Crippen LogP contribution in [0.4, 0.5) is 5.69 Å². The maximum absolute atomic E-state index is 13.0. The summed E-state index contributed by atoms with van der Waals surface area (Å²) in [5.41, 5.74) is 1.33. The Labute approximate surface area is 209 Å². The molecule has 1 aromatic heterocycles. The lowest BCUT2D eigenvalue weighted by molar-refractivity contribution is -0.0305. The number of benzene rings is 2. The maximum Gasteiger partial charge on any atom is 0.335 e. The number of hydrogen-bond acceptors (Lipinski definition) is 6. The van der Waals surface area contributed by atoms with Crippen molar-refractivity contribution in [3.05, 3.63) is 65.7 Å². The summed E-state index contributed by atoms with van der Waals surface area (Å²) >= 11 is 1.13. The summed E-state index contributed by atoms with van der Waals surface area (Å²) in [7, 11) is -2.57. The zero-order valence-electron chi connectivity index (χ0n) is 19.9. The Bertz CT molecular complexity index is 1330. The third kappa shape index (κ3) is 5.37. The van der Waals surface area contributed by atoms with Crippen LogP contribution in [0.25, 0.3) is 10.4 Å². The van der Waals surface area contributed by atoms with E-state index in [-0.39, 0.29) is 26.6 Å². The Morgan fingerprint density at radius 1 is 1.00 bits per heavy atom. The summed E-state index contributed by atoms with van der Waals surface area (Å²) in [5, 5.41) is 20.3. The Hall–Kier alpha value is -2.88. The van der Waals surface area contributed by atoms with Crippen molar-refractivity contribution in [1.82, 2.24) is 0 Å². The summed E-state index contributed by atoms with van der Waals surface area (Å²) in [4.78, 5) is 12.0. The number of thiophene rings is 1. The molecule has 2 aromatic carbocycles. The lowest BCUT2D eigenvalue weighted by Crippen LogP contribution is -2.34. The van der Waals surface area contributed by atoms with Crippen LogP contribution in [0.3, 0.4) is 0 Å². The minimum atomic E-state index is -3.91. The third-order valence-electron chi connectivity index (χ3n) is 6.68. The van der Waals surface area contributed by atoms with Crippen molar-refractivity contribution in [3.8, 4) is 16.2 Å². The Balaban J connectivity index is 1.52. The highest BCUT2D eigenvalue weighted by Crippen LogP contribution is 2.45. The number of carboxylic acid groups (broad SMARTS) is 1. The molecule has 0 amide bonds. The highest BCUT2D eigenvalue weighted by Gasteiger charge is 2.37. The van der Waals surface area contributed by atoms with Crippen molar-refractivity contribution >= 4 is 33.0 Å². The van der Waals surface area contributed by atoms with E-state index >= 15 is 0 Å².